The number of nitrogens with two attached hydrogens (primary N) is 1. The van der Waals surface area contributed by atoms with Crippen LogP contribution in [0.5, 0.6) is 17.4 Å². The molecule has 8 rings (SSSR count). The number of methoxy groups -OCH3 is 1. The van der Waals surface area contributed by atoms with Gasteiger partial charge in [0.05, 0.1) is 44.0 Å². The zero-order valence-corrected chi connectivity index (χ0v) is 41.8. The minimum absolute atomic E-state index is 0.0397. The largest absolute Gasteiger partial charge is 0.546 e. The van der Waals surface area contributed by atoms with Gasteiger partial charge in [0.25, 0.3) is 23.0 Å². The van der Waals surface area contributed by atoms with Crippen LogP contribution in [0.2, 0.25) is 5.02 Å². The molecule has 0 saturated heterocycles. The molecule has 8 aromatic rings. The number of nitro benzene ring substituents is 1. The van der Waals surface area contributed by atoms with Crippen LogP contribution in [-0.2, 0) is 36.6 Å². The maximum Gasteiger partial charge on any atom is 0.297 e. The van der Waals surface area contributed by atoms with Gasteiger partial charge in [-0.2, -0.15) is 9.47 Å². The van der Waals surface area contributed by atoms with Crippen LogP contribution >= 0.6 is 11.6 Å². The predicted molar refractivity (Wildman–Crippen MR) is 267 cm³/mol. The lowest BCUT2D eigenvalue weighted by molar-refractivity contribution is -0.384. The molecule has 3 aromatic heterocycles. The molecule has 0 aliphatic rings. The lowest BCUT2D eigenvalue weighted by atomic mass is 9.91. The van der Waals surface area contributed by atoms with E-state index in [4.69, 9.17) is 34.9 Å². The van der Waals surface area contributed by atoms with Gasteiger partial charge < -0.3 is 31.7 Å². The predicted octanol–water partition coefficient (Wildman–Crippen LogP) is 9.26. The zero-order chi connectivity index (χ0) is 52.6. The number of hydrogen-bond donors (Lipinski definition) is 3. The number of fused-ring (bicyclic) bond motifs is 1. The van der Waals surface area contributed by atoms with E-state index in [1.807, 2.05) is 6.07 Å². The van der Waals surface area contributed by atoms with Crippen molar-refractivity contribution in [3.8, 4) is 40.5 Å². The van der Waals surface area contributed by atoms with E-state index in [9.17, 15) is 37.9 Å². The van der Waals surface area contributed by atoms with Gasteiger partial charge in [-0.3, -0.25) is 29.4 Å². The monoisotopic (exact) mass is 1050 g/mol. The number of carbonyl (C=O) groups excluding carboxylic acids is 1. The summed E-state index contributed by atoms with van der Waals surface area (Å²) in [5, 5.41) is 43.7. The summed E-state index contributed by atoms with van der Waals surface area (Å²) in [7, 11) is -3.23. The van der Waals surface area contributed by atoms with Crippen LogP contribution in [0, 0.1) is 21.4 Å². The van der Waals surface area contributed by atoms with Crippen molar-refractivity contribution in [3.05, 3.63) is 157 Å². The Hall–Kier alpha value is -8.54. The van der Waals surface area contributed by atoms with Gasteiger partial charge in [0.2, 0.25) is 5.65 Å². The Labute approximate surface area is 421 Å². The van der Waals surface area contributed by atoms with Crippen molar-refractivity contribution in [2.75, 3.05) is 21.2 Å². The van der Waals surface area contributed by atoms with Gasteiger partial charge in [-0.1, -0.05) is 48.0 Å². The van der Waals surface area contributed by atoms with Crippen molar-refractivity contribution in [2.24, 2.45) is 19.7 Å². The minimum Gasteiger partial charge on any atom is -0.546 e. The number of H-pyrrole nitrogens is 1. The highest BCUT2D eigenvalue weighted by atomic mass is 35.5. The van der Waals surface area contributed by atoms with E-state index in [0.717, 1.165) is 10.8 Å². The standard InChI is InChI=1S/C47H42ClN12O11S2/c1-47(2,3)41-35(46(62)58(70-41)38-21-13-29(45(61)57(4)5)23-39(38)60(63)64)26-69-31-16-18-33(19-17-31)73(50,66,67)34-9-7-8-32(24-34)71-72(65)56-30-14-11-28(12-15-30)42-51-43-40(44(68-6)55-59(43)54-42)53-52-37-22-27(25-49)10-20-36(37)48/h7-24H,26H2,1-6H3,(H,51,54)(H3,50,66,67)/q-1. The smallest absolute Gasteiger partial charge is 0.297 e. The van der Waals surface area contributed by atoms with Crippen molar-refractivity contribution in [1.82, 2.24) is 29.5 Å². The van der Waals surface area contributed by atoms with E-state index in [0.29, 0.717) is 17.0 Å². The molecule has 1 amide bonds. The van der Waals surface area contributed by atoms with Crippen molar-refractivity contribution in [3.63, 3.8) is 0 Å². The molecule has 5 aromatic carbocycles. The van der Waals surface area contributed by atoms with Gasteiger partial charge in [0, 0.05) is 48.5 Å². The second-order valence-electron chi connectivity index (χ2n) is 17.2. The number of aromatic nitrogens is 5. The summed E-state index contributed by atoms with van der Waals surface area (Å²) in [5.74, 6) is 0.295. The highest BCUT2D eigenvalue weighted by Gasteiger charge is 2.32. The number of amides is 1. The lowest BCUT2D eigenvalue weighted by Crippen LogP contribution is -2.42. The van der Waals surface area contributed by atoms with Gasteiger partial charge in [-0.05, 0) is 102 Å². The minimum atomic E-state index is -5.31. The molecule has 4 N–H and O–H groups in total. The van der Waals surface area contributed by atoms with Gasteiger partial charge >= 0.3 is 0 Å². The van der Waals surface area contributed by atoms with Crippen molar-refractivity contribution >= 4 is 66.3 Å². The number of benzene rings is 5. The van der Waals surface area contributed by atoms with Crippen LogP contribution in [-0.4, -0.2) is 70.2 Å². The molecule has 0 saturated carbocycles. The van der Waals surface area contributed by atoms with Crippen LogP contribution in [0.1, 0.15) is 48.0 Å². The van der Waals surface area contributed by atoms with Crippen molar-refractivity contribution < 1.29 is 40.9 Å². The van der Waals surface area contributed by atoms with E-state index in [1.54, 1.807) is 51.1 Å². The molecule has 3 heterocycles. The van der Waals surface area contributed by atoms with E-state index >= 15 is 0 Å². The number of azo groups is 1. The Morgan fingerprint density at radius 3 is 2.41 bits per heavy atom. The number of carbonyl (C=O) groups is 1. The summed E-state index contributed by atoms with van der Waals surface area (Å²) in [6, 6.07) is 27.3. The fraction of sp³-hybridized carbons (Fsp3) is 0.170. The number of nitriles is 1. The first-order valence-electron chi connectivity index (χ1n) is 21.4. The fourth-order valence-corrected chi connectivity index (χ4v) is 9.53. The van der Waals surface area contributed by atoms with Crippen LogP contribution in [0.4, 0.5) is 22.7 Å². The number of aromatic amines is 1. The van der Waals surface area contributed by atoms with Gasteiger partial charge in [-0.15, -0.1) is 24.7 Å². The number of nitro groups is 1. The zero-order valence-electron chi connectivity index (χ0n) is 39.4. The molecule has 0 atom stereocenters. The first-order chi connectivity index (χ1) is 34.5. The number of nitrogens with zero attached hydrogens (tertiary/aromatic N) is 10. The quantitative estimate of drug-likeness (QED) is 0.0373. The van der Waals surface area contributed by atoms with E-state index in [1.165, 1.54) is 104 Å². The third-order valence-electron chi connectivity index (χ3n) is 10.8. The molecule has 0 spiro atoms. The first-order valence-corrected chi connectivity index (χ1v) is 24.8. The number of nitrogens with one attached hydrogen (secondary N) is 1. The molecular weight excluding hydrogens is 1010 g/mol. The Bertz CT molecular complexity index is 3780. The van der Waals surface area contributed by atoms with Gasteiger partial charge in [0.15, 0.2) is 23.0 Å². The lowest BCUT2D eigenvalue weighted by Gasteiger charge is -2.39. The molecule has 23 nitrogen and oxygen atoms in total. The average Bonchev–Trinajstić information content (AvgIpc) is 4.03. The highest BCUT2D eigenvalue weighted by molar-refractivity contribution is 8.13. The maximum absolute atomic E-state index is 14.2. The van der Waals surface area contributed by atoms with Gasteiger partial charge in [-0.25, -0.2) is 10.1 Å². The molecule has 0 unspecified atom stereocenters. The second kappa shape index (κ2) is 19.6. The molecule has 0 aliphatic carbocycles. The van der Waals surface area contributed by atoms with Gasteiger partial charge in [0.1, 0.15) is 23.8 Å². The Morgan fingerprint density at radius 2 is 1.75 bits per heavy atom. The number of halogens is 1. The first kappa shape index (κ1) is 50.8. The third kappa shape index (κ3) is 10.4. The maximum atomic E-state index is 14.2. The van der Waals surface area contributed by atoms with Crippen LogP contribution < -0.4 is 24.4 Å². The summed E-state index contributed by atoms with van der Waals surface area (Å²) in [6.45, 7) is 4.97. The van der Waals surface area contributed by atoms with Crippen LogP contribution in [0.15, 0.2) is 143 Å². The summed E-state index contributed by atoms with van der Waals surface area (Å²) in [6.07, 6.45) is 0. The average molecular weight is 1050 g/mol. The summed E-state index contributed by atoms with van der Waals surface area (Å²) >= 11 is 6.25. The van der Waals surface area contributed by atoms with Crippen molar-refractivity contribution in [1.29, 1.82) is 5.26 Å². The van der Waals surface area contributed by atoms with E-state index < -0.39 is 47.9 Å². The molecule has 26 heteroatoms. The second-order valence-corrected chi connectivity index (χ2v) is 21.2. The summed E-state index contributed by atoms with van der Waals surface area (Å²) in [5.41, 5.74) is -0.224. The number of ether oxygens (including phenoxy) is 2. The topological polar surface area (TPSA) is 314 Å². The molecule has 0 bridgehead atoms. The molecule has 73 heavy (non-hydrogen) atoms. The molecule has 376 valence electrons. The molecule has 0 fully saturated rings. The number of rotatable bonds is 15. The van der Waals surface area contributed by atoms with Crippen LogP contribution in [0.3, 0.4) is 0 Å². The molecular formula is C47H42ClN12O11S2-. The summed E-state index contributed by atoms with van der Waals surface area (Å²) < 4.78 is 68.0. The molecule has 0 aliphatic heterocycles. The fourth-order valence-electron chi connectivity index (χ4n) is 7.15. The molecule has 0 radical (unpaired) electrons. The van der Waals surface area contributed by atoms with E-state index in [2.05, 4.69) is 29.8 Å². The summed E-state index contributed by atoms with van der Waals surface area (Å²) in [4.78, 5) is 43.2. The Balaban J connectivity index is 0.956. The Morgan fingerprint density at radius 1 is 1.03 bits per heavy atom. The number of hydrogen-bond acceptors (Lipinski definition) is 17. The van der Waals surface area contributed by atoms with Crippen LogP contribution in [0.25, 0.3) is 22.7 Å². The van der Waals surface area contributed by atoms with Crippen molar-refractivity contribution in [2.45, 2.75) is 42.6 Å². The third-order valence-corrected chi connectivity index (χ3v) is 14.2. The highest BCUT2D eigenvalue weighted by Crippen LogP contribution is 2.39. The van der Waals surface area contributed by atoms with E-state index in [-0.39, 0.29) is 84.1 Å². The SMILES string of the molecule is COc1nn2[nH]c(-c3ccc(N=[S-](=O)Oc4cccc(S(N)(=O)(O)c5ccc(OCc6c(C(C)(C)C)on(-c7ccc(C(=O)N(C)C)cc7[N+](=O)[O-])c6=O)cc5)c4)cc3)nc2c1N=Nc1cc(C#N)ccc1Cl. The normalized spacial score (nSPS) is 12.8. The Kier molecular flexibility index (Phi) is 13.6.